The number of nitrogens with two attached hydrogens (primary N) is 1. The first-order valence-corrected chi connectivity index (χ1v) is 4.66. The summed E-state index contributed by atoms with van der Waals surface area (Å²) < 4.78 is 0. The van der Waals surface area contributed by atoms with Gasteiger partial charge < -0.3 is 10.6 Å². The van der Waals surface area contributed by atoms with Crippen LogP contribution in [0.1, 0.15) is 33.1 Å². The van der Waals surface area contributed by atoms with E-state index in [1.54, 1.807) is 0 Å². The molecule has 1 rings (SSSR count). The summed E-state index contributed by atoms with van der Waals surface area (Å²) in [7, 11) is 0. The highest BCUT2D eigenvalue weighted by Gasteiger charge is 2.28. The Bertz CT molecular complexity index is 169. The summed E-state index contributed by atoms with van der Waals surface area (Å²) in [6.45, 7) is 6.48. The van der Waals surface area contributed by atoms with Crippen molar-refractivity contribution in [2.45, 2.75) is 33.1 Å². The molecule has 0 aromatic carbocycles. The van der Waals surface area contributed by atoms with Crippen molar-refractivity contribution in [2.75, 3.05) is 13.1 Å². The minimum absolute atomic E-state index is 0.230. The maximum Gasteiger partial charge on any atom is 0.188 e. The molecule has 0 atom stereocenters. The number of piperidine rings is 1. The van der Waals surface area contributed by atoms with Gasteiger partial charge in [0.2, 0.25) is 0 Å². The van der Waals surface area contributed by atoms with Crippen LogP contribution < -0.4 is 5.73 Å². The summed E-state index contributed by atoms with van der Waals surface area (Å²) in [6.07, 6.45) is 3.57. The summed E-state index contributed by atoms with van der Waals surface area (Å²) in [5.74, 6) is 0.230. The van der Waals surface area contributed by atoms with Gasteiger partial charge in [-0.25, -0.2) is 0 Å². The van der Waals surface area contributed by atoms with Crippen LogP contribution in [0.2, 0.25) is 0 Å². The first kappa shape index (κ1) is 9.36. The zero-order valence-corrected chi connectivity index (χ0v) is 8.06. The lowest BCUT2D eigenvalue weighted by Gasteiger charge is -2.39. The molecule has 0 amide bonds. The normalized spacial score (nSPS) is 22.3. The van der Waals surface area contributed by atoms with Crippen molar-refractivity contribution >= 4 is 5.96 Å². The highest BCUT2D eigenvalue weighted by atomic mass is 15.2. The number of hydrogen-bond acceptors (Lipinski definition) is 1. The third kappa shape index (κ3) is 1.90. The van der Waals surface area contributed by atoms with Crippen LogP contribution in [0.25, 0.3) is 0 Å². The maximum atomic E-state index is 7.28. The molecule has 3 N–H and O–H groups in total. The summed E-state index contributed by atoms with van der Waals surface area (Å²) in [5, 5.41) is 7.28. The van der Waals surface area contributed by atoms with Crippen LogP contribution in [-0.2, 0) is 0 Å². The van der Waals surface area contributed by atoms with Crippen LogP contribution in [0.15, 0.2) is 0 Å². The van der Waals surface area contributed by atoms with Gasteiger partial charge in [-0.2, -0.15) is 0 Å². The molecule has 70 valence electrons. The lowest BCUT2D eigenvalue weighted by Crippen LogP contribution is -2.44. The third-order valence-electron chi connectivity index (χ3n) is 3.16. The van der Waals surface area contributed by atoms with Gasteiger partial charge in [-0.05, 0) is 18.3 Å². The highest BCUT2D eigenvalue weighted by molar-refractivity contribution is 5.74. The maximum absolute atomic E-state index is 7.28. The predicted molar refractivity (Wildman–Crippen MR) is 51.1 cm³/mol. The van der Waals surface area contributed by atoms with Crippen molar-refractivity contribution in [2.24, 2.45) is 11.1 Å². The number of nitrogens with one attached hydrogen (secondary N) is 1. The molecule has 3 nitrogen and oxygen atoms in total. The van der Waals surface area contributed by atoms with Gasteiger partial charge in [-0.1, -0.05) is 20.3 Å². The van der Waals surface area contributed by atoms with Gasteiger partial charge in [0.1, 0.15) is 0 Å². The number of nitrogens with zero attached hydrogens (tertiary/aromatic N) is 1. The second kappa shape index (κ2) is 3.33. The lowest BCUT2D eigenvalue weighted by molar-refractivity contribution is 0.161. The van der Waals surface area contributed by atoms with Crippen molar-refractivity contribution in [3.8, 4) is 0 Å². The van der Waals surface area contributed by atoms with E-state index in [-0.39, 0.29) is 5.96 Å². The van der Waals surface area contributed by atoms with E-state index in [4.69, 9.17) is 11.1 Å². The van der Waals surface area contributed by atoms with E-state index in [0.717, 1.165) is 13.1 Å². The fourth-order valence-corrected chi connectivity index (χ4v) is 1.64. The number of likely N-dealkylation sites (tertiary alicyclic amines) is 1. The second-order valence-corrected chi connectivity index (χ2v) is 4.04. The largest absolute Gasteiger partial charge is 0.370 e. The third-order valence-corrected chi connectivity index (χ3v) is 3.16. The highest BCUT2D eigenvalue weighted by Crippen LogP contribution is 2.33. The molecule has 0 saturated carbocycles. The van der Waals surface area contributed by atoms with Crippen LogP contribution in [0, 0.1) is 10.8 Å². The van der Waals surface area contributed by atoms with Crippen LogP contribution >= 0.6 is 0 Å². The molecule has 1 aliphatic rings. The van der Waals surface area contributed by atoms with Crippen molar-refractivity contribution in [1.82, 2.24) is 4.90 Å². The molecule has 0 aliphatic carbocycles. The molecule has 1 aliphatic heterocycles. The summed E-state index contributed by atoms with van der Waals surface area (Å²) >= 11 is 0. The molecule has 0 radical (unpaired) electrons. The van der Waals surface area contributed by atoms with Gasteiger partial charge >= 0.3 is 0 Å². The molecule has 1 fully saturated rings. The van der Waals surface area contributed by atoms with E-state index in [2.05, 4.69) is 13.8 Å². The summed E-state index contributed by atoms with van der Waals surface area (Å²) in [5.41, 5.74) is 5.90. The minimum atomic E-state index is 0.230. The van der Waals surface area contributed by atoms with Crippen molar-refractivity contribution < 1.29 is 0 Å². The smallest absolute Gasteiger partial charge is 0.188 e. The van der Waals surface area contributed by atoms with Gasteiger partial charge in [0.05, 0.1) is 0 Å². The van der Waals surface area contributed by atoms with Crippen LogP contribution in [0.3, 0.4) is 0 Å². The van der Waals surface area contributed by atoms with E-state index in [1.165, 1.54) is 19.3 Å². The number of guanidine groups is 1. The molecule has 12 heavy (non-hydrogen) atoms. The van der Waals surface area contributed by atoms with Gasteiger partial charge in [0.25, 0.3) is 0 Å². The van der Waals surface area contributed by atoms with Crippen molar-refractivity contribution in [3.63, 3.8) is 0 Å². The Hall–Kier alpha value is -0.730. The van der Waals surface area contributed by atoms with Crippen molar-refractivity contribution in [1.29, 1.82) is 5.41 Å². The second-order valence-electron chi connectivity index (χ2n) is 4.04. The Labute approximate surface area is 74.4 Å². The molecule has 0 unspecified atom stereocenters. The van der Waals surface area contributed by atoms with E-state index < -0.39 is 0 Å². The monoisotopic (exact) mass is 169 g/mol. The summed E-state index contributed by atoms with van der Waals surface area (Å²) in [6, 6.07) is 0. The molecule has 0 aromatic rings. The molecular formula is C9H19N3. The minimum Gasteiger partial charge on any atom is -0.370 e. The van der Waals surface area contributed by atoms with Crippen LogP contribution in [0.5, 0.6) is 0 Å². The molecule has 1 saturated heterocycles. The number of rotatable bonds is 1. The SMILES string of the molecule is CCC1(C)CCN(C(=N)N)CC1. The Balaban J connectivity index is 2.44. The van der Waals surface area contributed by atoms with E-state index >= 15 is 0 Å². The fraction of sp³-hybridized carbons (Fsp3) is 0.889. The quantitative estimate of drug-likeness (QED) is 0.460. The van der Waals surface area contributed by atoms with Gasteiger partial charge in [-0.15, -0.1) is 0 Å². The first-order chi connectivity index (χ1) is 5.57. The fourth-order valence-electron chi connectivity index (χ4n) is 1.64. The Kier molecular flexibility index (Phi) is 2.60. The van der Waals surface area contributed by atoms with Crippen LogP contribution in [-0.4, -0.2) is 23.9 Å². The van der Waals surface area contributed by atoms with Gasteiger partial charge in [0.15, 0.2) is 5.96 Å². The first-order valence-electron chi connectivity index (χ1n) is 4.66. The van der Waals surface area contributed by atoms with Crippen LogP contribution in [0.4, 0.5) is 0 Å². The summed E-state index contributed by atoms with van der Waals surface area (Å²) in [4.78, 5) is 1.96. The molecule has 0 aromatic heterocycles. The molecule has 0 bridgehead atoms. The zero-order chi connectivity index (χ0) is 9.19. The molecule has 0 spiro atoms. The zero-order valence-electron chi connectivity index (χ0n) is 8.06. The standard InChI is InChI=1S/C9H19N3/c1-3-9(2)4-6-12(7-5-9)8(10)11/h3-7H2,1-2H3,(H3,10,11). The van der Waals surface area contributed by atoms with Crippen molar-refractivity contribution in [3.05, 3.63) is 0 Å². The Morgan fingerprint density at radius 2 is 2.00 bits per heavy atom. The average molecular weight is 169 g/mol. The Morgan fingerprint density at radius 3 is 2.33 bits per heavy atom. The Morgan fingerprint density at radius 1 is 1.50 bits per heavy atom. The molecule has 1 heterocycles. The average Bonchev–Trinajstić information content (AvgIpc) is 2.05. The topological polar surface area (TPSA) is 53.1 Å². The van der Waals surface area contributed by atoms with Gasteiger partial charge in [-0.3, -0.25) is 5.41 Å². The molecular weight excluding hydrogens is 150 g/mol. The van der Waals surface area contributed by atoms with E-state index in [0.29, 0.717) is 5.41 Å². The van der Waals surface area contributed by atoms with E-state index in [1.807, 2.05) is 4.90 Å². The van der Waals surface area contributed by atoms with Gasteiger partial charge in [0, 0.05) is 13.1 Å². The van der Waals surface area contributed by atoms with E-state index in [9.17, 15) is 0 Å². The molecule has 3 heteroatoms. The predicted octanol–water partition coefficient (Wildman–Crippen LogP) is 1.39. The number of hydrogen-bond donors (Lipinski definition) is 2. The lowest BCUT2D eigenvalue weighted by atomic mass is 9.78.